The maximum Gasteiger partial charge on any atom is 0.257 e. The molecular weight excluding hydrogens is 256 g/mol. The van der Waals surface area contributed by atoms with E-state index in [1.165, 1.54) is 7.11 Å². The summed E-state index contributed by atoms with van der Waals surface area (Å²) in [7, 11) is 3.43. The highest BCUT2D eigenvalue weighted by Crippen LogP contribution is 2.23. The number of hydrogen-bond acceptors (Lipinski definition) is 4. The minimum Gasteiger partial charge on any atom is -0.496 e. The smallest absolute Gasteiger partial charge is 0.257 e. The lowest BCUT2D eigenvalue weighted by molar-refractivity contribution is 0.0952. The molecule has 3 N–H and O–H groups in total. The van der Waals surface area contributed by atoms with E-state index < -0.39 is 0 Å². The molecule has 0 saturated carbocycles. The molecule has 20 heavy (non-hydrogen) atoms. The predicted octanol–water partition coefficient (Wildman–Crippen LogP) is 0.983. The standard InChI is InChI=1S/C14H18N4O2/c1-18-9-8-16-12(18)6-7-17-14(19)13-10(15)4-3-5-11(13)20-2/h3-5,8-9H,6-7,15H2,1-2H3,(H,17,19). The van der Waals surface area contributed by atoms with Gasteiger partial charge in [0.25, 0.3) is 5.91 Å². The number of amides is 1. The van der Waals surface area contributed by atoms with Crippen LogP contribution in [0.4, 0.5) is 5.69 Å². The third-order valence-electron chi connectivity index (χ3n) is 3.06. The molecule has 0 saturated heterocycles. The molecule has 0 aliphatic rings. The number of benzene rings is 1. The summed E-state index contributed by atoms with van der Waals surface area (Å²) < 4.78 is 7.08. The Hall–Kier alpha value is -2.50. The lowest BCUT2D eigenvalue weighted by atomic mass is 10.1. The van der Waals surface area contributed by atoms with Gasteiger partial charge in [0.1, 0.15) is 17.1 Å². The predicted molar refractivity (Wildman–Crippen MR) is 76.7 cm³/mol. The molecule has 1 aromatic carbocycles. The van der Waals surface area contributed by atoms with Gasteiger partial charge in [-0.3, -0.25) is 4.79 Å². The molecule has 2 aromatic rings. The molecule has 0 aliphatic heterocycles. The van der Waals surface area contributed by atoms with Crippen molar-refractivity contribution in [1.29, 1.82) is 0 Å². The minimum atomic E-state index is -0.242. The highest BCUT2D eigenvalue weighted by molar-refractivity contribution is 6.01. The van der Waals surface area contributed by atoms with Gasteiger partial charge in [0.05, 0.1) is 7.11 Å². The number of aromatic nitrogens is 2. The molecule has 6 nitrogen and oxygen atoms in total. The average molecular weight is 274 g/mol. The highest BCUT2D eigenvalue weighted by atomic mass is 16.5. The molecule has 1 heterocycles. The summed E-state index contributed by atoms with van der Waals surface area (Å²) in [5, 5.41) is 2.83. The van der Waals surface area contributed by atoms with Crippen LogP contribution >= 0.6 is 0 Å². The number of nitrogen functional groups attached to an aromatic ring is 1. The first-order chi connectivity index (χ1) is 9.63. The number of imidazole rings is 1. The Labute approximate surface area is 117 Å². The van der Waals surface area contributed by atoms with E-state index in [9.17, 15) is 4.79 Å². The second-order valence-electron chi connectivity index (χ2n) is 4.38. The number of nitrogens with two attached hydrogens (primary N) is 1. The third-order valence-corrected chi connectivity index (χ3v) is 3.06. The second kappa shape index (κ2) is 6.10. The Balaban J connectivity index is 2.00. The summed E-state index contributed by atoms with van der Waals surface area (Å²) in [5.41, 5.74) is 6.60. The number of aryl methyl sites for hydroxylation is 1. The van der Waals surface area contributed by atoms with E-state index in [0.29, 0.717) is 30.0 Å². The van der Waals surface area contributed by atoms with Gasteiger partial charge < -0.3 is 20.4 Å². The summed E-state index contributed by atoms with van der Waals surface area (Å²) in [4.78, 5) is 16.4. The summed E-state index contributed by atoms with van der Waals surface area (Å²) in [6, 6.07) is 5.14. The minimum absolute atomic E-state index is 0.242. The van der Waals surface area contributed by atoms with Crippen LogP contribution in [0, 0.1) is 0 Å². The largest absolute Gasteiger partial charge is 0.496 e. The zero-order valence-corrected chi connectivity index (χ0v) is 11.6. The van der Waals surface area contributed by atoms with Crippen molar-refractivity contribution in [2.24, 2.45) is 7.05 Å². The number of anilines is 1. The Morgan fingerprint density at radius 3 is 2.95 bits per heavy atom. The molecule has 6 heteroatoms. The number of methoxy groups -OCH3 is 1. The van der Waals surface area contributed by atoms with Gasteiger partial charge in [-0.05, 0) is 12.1 Å². The Morgan fingerprint density at radius 2 is 2.30 bits per heavy atom. The van der Waals surface area contributed by atoms with E-state index >= 15 is 0 Å². The van der Waals surface area contributed by atoms with Crippen LogP contribution in [0.3, 0.4) is 0 Å². The van der Waals surface area contributed by atoms with Crippen molar-refractivity contribution in [2.45, 2.75) is 6.42 Å². The summed E-state index contributed by atoms with van der Waals surface area (Å²) in [6.45, 7) is 0.487. The number of carbonyl (C=O) groups is 1. The zero-order valence-electron chi connectivity index (χ0n) is 11.6. The Bertz CT molecular complexity index is 607. The van der Waals surface area contributed by atoms with Gasteiger partial charge in [-0.25, -0.2) is 4.98 Å². The number of hydrogen-bond donors (Lipinski definition) is 2. The number of carbonyl (C=O) groups excluding carboxylic acids is 1. The van der Waals surface area contributed by atoms with Crippen LogP contribution in [-0.4, -0.2) is 29.1 Å². The van der Waals surface area contributed by atoms with Crippen molar-refractivity contribution in [3.05, 3.63) is 42.0 Å². The average Bonchev–Trinajstić information content (AvgIpc) is 2.84. The van der Waals surface area contributed by atoms with E-state index in [2.05, 4.69) is 10.3 Å². The van der Waals surface area contributed by atoms with Crippen LogP contribution in [0.1, 0.15) is 16.2 Å². The van der Waals surface area contributed by atoms with Gasteiger partial charge in [0.2, 0.25) is 0 Å². The fourth-order valence-corrected chi connectivity index (χ4v) is 1.97. The summed E-state index contributed by atoms with van der Waals surface area (Å²) >= 11 is 0. The molecular formula is C14H18N4O2. The van der Waals surface area contributed by atoms with Gasteiger partial charge in [0.15, 0.2) is 0 Å². The Kier molecular flexibility index (Phi) is 4.24. The maximum atomic E-state index is 12.2. The second-order valence-corrected chi connectivity index (χ2v) is 4.38. The van der Waals surface area contributed by atoms with Crippen molar-refractivity contribution in [3.63, 3.8) is 0 Å². The van der Waals surface area contributed by atoms with Crippen LogP contribution in [0.25, 0.3) is 0 Å². The normalized spacial score (nSPS) is 10.3. The van der Waals surface area contributed by atoms with E-state index in [0.717, 1.165) is 5.82 Å². The quantitative estimate of drug-likeness (QED) is 0.796. The van der Waals surface area contributed by atoms with Crippen molar-refractivity contribution in [3.8, 4) is 5.75 Å². The fourth-order valence-electron chi connectivity index (χ4n) is 1.97. The molecule has 0 aliphatic carbocycles. The molecule has 2 rings (SSSR count). The molecule has 0 radical (unpaired) electrons. The molecule has 0 fully saturated rings. The lowest BCUT2D eigenvalue weighted by Gasteiger charge is -2.11. The van der Waals surface area contributed by atoms with E-state index in [4.69, 9.17) is 10.5 Å². The first kappa shape index (κ1) is 13.9. The molecule has 1 aromatic heterocycles. The van der Waals surface area contributed by atoms with Crippen molar-refractivity contribution >= 4 is 11.6 Å². The fraction of sp³-hybridized carbons (Fsp3) is 0.286. The van der Waals surface area contributed by atoms with Gasteiger partial charge in [-0.15, -0.1) is 0 Å². The van der Waals surface area contributed by atoms with Crippen LogP contribution < -0.4 is 15.8 Å². The number of nitrogens with one attached hydrogen (secondary N) is 1. The van der Waals surface area contributed by atoms with E-state index in [1.54, 1.807) is 24.4 Å². The van der Waals surface area contributed by atoms with Crippen molar-refractivity contribution in [2.75, 3.05) is 19.4 Å². The molecule has 1 amide bonds. The van der Waals surface area contributed by atoms with Gasteiger partial charge in [0, 0.05) is 38.1 Å². The van der Waals surface area contributed by atoms with Crippen LogP contribution in [0.5, 0.6) is 5.75 Å². The first-order valence-electron chi connectivity index (χ1n) is 6.30. The summed E-state index contributed by atoms with van der Waals surface area (Å²) in [6.07, 6.45) is 4.26. The van der Waals surface area contributed by atoms with Gasteiger partial charge in [-0.1, -0.05) is 6.07 Å². The molecule has 106 valence electrons. The number of nitrogens with zero attached hydrogens (tertiary/aromatic N) is 2. The number of rotatable bonds is 5. The first-order valence-corrected chi connectivity index (χ1v) is 6.30. The third kappa shape index (κ3) is 2.90. The molecule has 0 spiro atoms. The van der Waals surface area contributed by atoms with Crippen LogP contribution in [-0.2, 0) is 13.5 Å². The SMILES string of the molecule is COc1cccc(N)c1C(=O)NCCc1nccn1C. The molecule has 0 atom stereocenters. The van der Waals surface area contributed by atoms with E-state index in [1.807, 2.05) is 17.8 Å². The zero-order chi connectivity index (χ0) is 14.5. The monoisotopic (exact) mass is 274 g/mol. The highest BCUT2D eigenvalue weighted by Gasteiger charge is 2.15. The summed E-state index contributed by atoms with van der Waals surface area (Å²) in [5.74, 6) is 1.15. The topological polar surface area (TPSA) is 82.2 Å². The Morgan fingerprint density at radius 1 is 1.50 bits per heavy atom. The number of ether oxygens (including phenoxy) is 1. The lowest BCUT2D eigenvalue weighted by Crippen LogP contribution is -2.27. The van der Waals surface area contributed by atoms with Crippen molar-refractivity contribution < 1.29 is 9.53 Å². The van der Waals surface area contributed by atoms with Crippen LogP contribution in [0.2, 0.25) is 0 Å². The molecule has 0 bridgehead atoms. The van der Waals surface area contributed by atoms with Gasteiger partial charge in [-0.2, -0.15) is 0 Å². The van der Waals surface area contributed by atoms with E-state index in [-0.39, 0.29) is 5.91 Å². The van der Waals surface area contributed by atoms with Gasteiger partial charge >= 0.3 is 0 Å². The maximum absolute atomic E-state index is 12.2. The molecule has 0 unspecified atom stereocenters. The van der Waals surface area contributed by atoms with Crippen LogP contribution in [0.15, 0.2) is 30.6 Å². The van der Waals surface area contributed by atoms with Crippen molar-refractivity contribution in [1.82, 2.24) is 14.9 Å².